The Morgan fingerprint density at radius 3 is 2.96 bits per heavy atom. The molecule has 0 bridgehead atoms. The number of benzene rings is 1. The third-order valence-electron chi connectivity index (χ3n) is 4.84. The molecule has 2 fully saturated rings. The van der Waals surface area contributed by atoms with Gasteiger partial charge in [-0.1, -0.05) is 11.6 Å². The van der Waals surface area contributed by atoms with E-state index < -0.39 is 0 Å². The van der Waals surface area contributed by atoms with Crippen LogP contribution in [0, 0.1) is 5.92 Å². The SMILES string of the molecule is COc1ccc(Cl)cc1N1CC(C(=O)N2CCCC2CN)CC1=O. The van der Waals surface area contributed by atoms with Crippen molar-refractivity contribution in [1.82, 2.24) is 4.90 Å². The number of carbonyl (C=O) groups is 2. The van der Waals surface area contributed by atoms with Crippen LogP contribution in [0.2, 0.25) is 5.02 Å². The number of methoxy groups -OCH3 is 1. The second-order valence-electron chi connectivity index (χ2n) is 6.28. The first-order chi connectivity index (χ1) is 11.5. The van der Waals surface area contributed by atoms with E-state index in [9.17, 15) is 9.59 Å². The largest absolute Gasteiger partial charge is 0.495 e. The maximum atomic E-state index is 12.8. The van der Waals surface area contributed by atoms with Crippen molar-refractivity contribution in [2.45, 2.75) is 25.3 Å². The average Bonchev–Trinajstić information content (AvgIpc) is 3.20. The number of rotatable bonds is 4. The van der Waals surface area contributed by atoms with Crippen LogP contribution in [0.5, 0.6) is 5.75 Å². The molecular weight excluding hydrogens is 330 g/mol. The Morgan fingerprint density at radius 1 is 1.46 bits per heavy atom. The van der Waals surface area contributed by atoms with Crippen molar-refractivity contribution in [1.29, 1.82) is 0 Å². The minimum Gasteiger partial charge on any atom is -0.495 e. The molecule has 2 unspecified atom stereocenters. The van der Waals surface area contributed by atoms with Crippen LogP contribution < -0.4 is 15.4 Å². The van der Waals surface area contributed by atoms with Crippen LogP contribution in [0.15, 0.2) is 18.2 Å². The van der Waals surface area contributed by atoms with Gasteiger partial charge in [-0.05, 0) is 31.0 Å². The van der Waals surface area contributed by atoms with Crippen molar-refractivity contribution >= 4 is 29.1 Å². The van der Waals surface area contributed by atoms with Gasteiger partial charge < -0.3 is 20.3 Å². The number of anilines is 1. The van der Waals surface area contributed by atoms with Crippen LogP contribution in [0.1, 0.15) is 19.3 Å². The molecule has 7 heteroatoms. The highest BCUT2D eigenvalue weighted by Crippen LogP contribution is 2.36. The first-order valence-corrected chi connectivity index (χ1v) is 8.57. The zero-order chi connectivity index (χ0) is 17.3. The topological polar surface area (TPSA) is 75.9 Å². The molecule has 3 rings (SSSR count). The standard InChI is InChI=1S/C17H22ClN3O3/c1-24-15-5-4-12(18)8-14(15)21-10-11(7-16(21)22)17(23)20-6-2-3-13(20)9-19/h4-5,8,11,13H,2-3,6-7,9-10,19H2,1H3. The van der Waals surface area contributed by atoms with Gasteiger partial charge in [0.2, 0.25) is 11.8 Å². The lowest BCUT2D eigenvalue weighted by Crippen LogP contribution is -2.43. The molecule has 0 spiro atoms. The normalized spacial score (nSPS) is 23.9. The highest BCUT2D eigenvalue weighted by Gasteiger charge is 2.40. The van der Waals surface area contributed by atoms with Crippen LogP contribution in [-0.2, 0) is 9.59 Å². The van der Waals surface area contributed by atoms with Gasteiger partial charge in [0.05, 0.1) is 18.7 Å². The van der Waals surface area contributed by atoms with Crippen molar-refractivity contribution in [3.05, 3.63) is 23.2 Å². The molecular formula is C17H22ClN3O3. The monoisotopic (exact) mass is 351 g/mol. The molecule has 2 amide bonds. The van der Waals surface area contributed by atoms with Crippen molar-refractivity contribution in [3.63, 3.8) is 0 Å². The van der Waals surface area contributed by atoms with E-state index in [0.717, 1.165) is 19.4 Å². The second kappa shape index (κ2) is 6.99. The summed E-state index contributed by atoms with van der Waals surface area (Å²) in [5.41, 5.74) is 6.37. The summed E-state index contributed by atoms with van der Waals surface area (Å²) in [7, 11) is 1.55. The smallest absolute Gasteiger partial charge is 0.228 e. The van der Waals surface area contributed by atoms with Crippen molar-refractivity contribution in [3.8, 4) is 5.75 Å². The number of nitrogens with two attached hydrogens (primary N) is 1. The van der Waals surface area contributed by atoms with E-state index in [0.29, 0.717) is 29.5 Å². The number of ether oxygens (including phenoxy) is 1. The summed E-state index contributed by atoms with van der Waals surface area (Å²) in [5.74, 6) is 0.174. The van der Waals surface area contributed by atoms with E-state index in [2.05, 4.69) is 0 Å². The molecule has 130 valence electrons. The van der Waals surface area contributed by atoms with Gasteiger partial charge in [0.25, 0.3) is 0 Å². The van der Waals surface area contributed by atoms with Crippen LogP contribution >= 0.6 is 11.6 Å². The molecule has 0 aromatic heterocycles. The summed E-state index contributed by atoms with van der Waals surface area (Å²) in [6.07, 6.45) is 2.12. The van der Waals surface area contributed by atoms with E-state index in [1.54, 1.807) is 30.2 Å². The number of amides is 2. The van der Waals surface area contributed by atoms with E-state index in [-0.39, 0.29) is 30.2 Å². The third-order valence-corrected chi connectivity index (χ3v) is 5.07. The fourth-order valence-corrected chi connectivity index (χ4v) is 3.75. The van der Waals surface area contributed by atoms with Crippen LogP contribution in [0.4, 0.5) is 5.69 Å². The van der Waals surface area contributed by atoms with Gasteiger partial charge in [0, 0.05) is 37.1 Å². The fraction of sp³-hybridized carbons (Fsp3) is 0.529. The summed E-state index contributed by atoms with van der Waals surface area (Å²) in [4.78, 5) is 28.7. The Bertz CT molecular complexity index is 652. The molecule has 2 atom stereocenters. The number of hydrogen-bond acceptors (Lipinski definition) is 4. The molecule has 2 N–H and O–H groups in total. The Kier molecular flexibility index (Phi) is 4.96. The van der Waals surface area contributed by atoms with Gasteiger partial charge in [-0.25, -0.2) is 0 Å². The highest BCUT2D eigenvalue weighted by atomic mass is 35.5. The molecule has 24 heavy (non-hydrogen) atoms. The predicted octanol–water partition coefficient (Wildman–Crippen LogP) is 1.65. The number of likely N-dealkylation sites (tertiary alicyclic amines) is 1. The van der Waals surface area contributed by atoms with Crippen molar-refractivity contribution in [2.24, 2.45) is 11.7 Å². The molecule has 1 aromatic rings. The highest BCUT2D eigenvalue weighted by molar-refractivity contribution is 6.31. The zero-order valence-electron chi connectivity index (χ0n) is 13.7. The van der Waals surface area contributed by atoms with Gasteiger partial charge in [-0.2, -0.15) is 0 Å². The van der Waals surface area contributed by atoms with Crippen LogP contribution in [0.3, 0.4) is 0 Å². The molecule has 6 nitrogen and oxygen atoms in total. The number of hydrogen-bond donors (Lipinski definition) is 1. The van der Waals surface area contributed by atoms with Crippen molar-refractivity contribution < 1.29 is 14.3 Å². The van der Waals surface area contributed by atoms with Gasteiger partial charge in [-0.15, -0.1) is 0 Å². The molecule has 1 aromatic carbocycles. The molecule has 2 heterocycles. The van der Waals surface area contributed by atoms with E-state index >= 15 is 0 Å². The second-order valence-corrected chi connectivity index (χ2v) is 6.72. The van der Waals surface area contributed by atoms with Gasteiger partial charge in [0.15, 0.2) is 0 Å². The summed E-state index contributed by atoms with van der Waals surface area (Å²) in [5, 5.41) is 0.524. The maximum absolute atomic E-state index is 12.8. The van der Waals surface area contributed by atoms with E-state index in [4.69, 9.17) is 22.1 Å². The molecule has 2 saturated heterocycles. The van der Waals surface area contributed by atoms with Crippen LogP contribution in [0.25, 0.3) is 0 Å². The van der Waals surface area contributed by atoms with Gasteiger partial charge in [-0.3, -0.25) is 9.59 Å². The first-order valence-electron chi connectivity index (χ1n) is 8.19. The van der Waals surface area contributed by atoms with E-state index in [1.807, 2.05) is 4.90 Å². The Labute approximate surface area is 146 Å². The predicted molar refractivity (Wildman–Crippen MR) is 92.3 cm³/mol. The molecule has 0 aliphatic carbocycles. The summed E-state index contributed by atoms with van der Waals surface area (Å²) < 4.78 is 5.33. The zero-order valence-corrected chi connectivity index (χ0v) is 14.5. The van der Waals surface area contributed by atoms with Crippen molar-refractivity contribution in [2.75, 3.05) is 31.6 Å². The summed E-state index contributed by atoms with van der Waals surface area (Å²) >= 11 is 6.06. The number of nitrogens with zero attached hydrogens (tertiary/aromatic N) is 2. The molecule has 2 aliphatic rings. The van der Waals surface area contributed by atoms with Gasteiger partial charge >= 0.3 is 0 Å². The fourth-order valence-electron chi connectivity index (χ4n) is 3.59. The Morgan fingerprint density at radius 2 is 2.25 bits per heavy atom. The lowest BCUT2D eigenvalue weighted by Gasteiger charge is -2.26. The van der Waals surface area contributed by atoms with E-state index in [1.165, 1.54) is 0 Å². The van der Waals surface area contributed by atoms with Gasteiger partial charge in [0.1, 0.15) is 5.75 Å². The Balaban J connectivity index is 1.79. The molecule has 2 aliphatic heterocycles. The summed E-state index contributed by atoms with van der Waals surface area (Å²) in [6, 6.07) is 5.24. The lowest BCUT2D eigenvalue weighted by molar-refractivity contribution is -0.136. The van der Waals surface area contributed by atoms with Crippen LogP contribution in [-0.4, -0.2) is 49.5 Å². The molecule has 0 saturated carbocycles. The lowest BCUT2D eigenvalue weighted by atomic mass is 10.1. The molecule has 0 radical (unpaired) electrons. The third kappa shape index (κ3) is 3.08. The minimum atomic E-state index is -0.340. The summed E-state index contributed by atoms with van der Waals surface area (Å²) in [6.45, 7) is 1.55. The first kappa shape index (κ1) is 17.0. The minimum absolute atomic E-state index is 0.0276. The number of halogens is 1. The number of carbonyl (C=O) groups excluding carboxylic acids is 2. The average molecular weight is 352 g/mol. The Hall–Kier alpha value is -1.79. The maximum Gasteiger partial charge on any atom is 0.228 e. The quantitative estimate of drug-likeness (QED) is 0.895.